The fraction of sp³-hybridized carbons (Fsp3) is 0.0185. The number of hydrogen-bond acceptors (Lipinski definition) is 5. The summed E-state index contributed by atoms with van der Waals surface area (Å²) in [5.74, 6) is 2.48. The molecule has 0 N–H and O–H groups in total. The predicted molar refractivity (Wildman–Crippen MR) is 241 cm³/mol. The molecule has 8 aromatic carbocycles. The monoisotopic (exact) mass is 769 g/mol. The number of thiophene rings is 1. The standard InChI is InChI=1S/C54H31N3OS/c1-2-14-34(15-3-1)53-56-49(52-50(57-53)38-19-7-13-25-46(38)59-52)33-28-26-32(27-29-33)48-39-30-31-43-51(47(39)37-18-6-11-23-44(37)55-48)58-45-24-12-10-22-42(45)54(43)40-20-8-4-16-35(40)36-17-5-9-21-41(36)54/h1-31H. The first-order valence-electron chi connectivity index (χ1n) is 19.9. The fourth-order valence-corrected chi connectivity index (χ4v) is 11.0. The third-order valence-corrected chi connectivity index (χ3v) is 13.5. The Labute approximate surface area is 343 Å². The first-order valence-corrected chi connectivity index (χ1v) is 20.8. The highest BCUT2D eigenvalue weighted by Crippen LogP contribution is 2.63. The van der Waals surface area contributed by atoms with E-state index in [1.807, 2.05) is 18.2 Å². The van der Waals surface area contributed by atoms with Gasteiger partial charge in [-0.2, -0.15) is 0 Å². The van der Waals surface area contributed by atoms with Crippen LogP contribution in [0.4, 0.5) is 0 Å². The Morgan fingerprint density at radius 2 is 1.05 bits per heavy atom. The number of ether oxygens (including phenoxy) is 1. The number of nitrogens with zero attached hydrogens (tertiary/aromatic N) is 3. The van der Waals surface area contributed by atoms with Crippen LogP contribution in [0.15, 0.2) is 188 Å². The van der Waals surface area contributed by atoms with Crippen molar-refractivity contribution >= 4 is 53.3 Å². The first kappa shape index (κ1) is 32.6. The van der Waals surface area contributed by atoms with Crippen LogP contribution in [0, 0.1) is 0 Å². The smallest absolute Gasteiger partial charge is 0.160 e. The van der Waals surface area contributed by atoms with Crippen LogP contribution in [0.5, 0.6) is 11.5 Å². The van der Waals surface area contributed by atoms with Crippen molar-refractivity contribution in [3.63, 3.8) is 0 Å². The molecule has 1 spiro atoms. The molecule has 4 nitrogen and oxygen atoms in total. The van der Waals surface area contributed by atoms with E-state index in [0.29, 0.717) is 0 Å². The van der Waals surface area contributed by atoms with E-state index >= 15 is 0 Å². The molecule has 13 rings (SSSR count). The maximum absolute atomic E-state index is 7.16. The molecule has 0 bridgehead atoms. The quantitative estimate of drug-likeness (QED) is 0.168. The summed E-state index contributed by atoms with van der Waals surface area (Å²) in [6.07, 6.45) is 0. The Balaban J connectivity index is 1.04. The Hall–Kier alpha value is -7.47. The maximum atomic E-state index is 7.16. The lowest BCUT2D eigenvalue weighted by molar-refractivity contribution is 0.442. The summed E-state index contributed by atoms with van der Waals surface area (Å²) in [4.78, 5) is 15.7. The van der Waals surface area contributed by atoms with Crippen LogP contribution in [0.2, 0.25) is 0 Å². The molecule has 3 aromatic heterocycles. The van der Waals surface area contributed by atoms with Gasteiger partial charge >= 0.3 is 0 Å². The SMILES string of the molecule is c1ccc(-c2nc(-c3ccc(-c4nc5ccccc5c5c6c(ccc45)C4(c5ccccc5O6)c5ccccc5-c5ccccc54)cc3)c3sc4ccccc4c3n2)cc1. The zero-order valence-corrected chi connectivity index (χ0v) is 32.4. The molecule has 0 amide bonds. The molecule has 5 heteroatoms. The first-order chi connectivity index (χ1) is 29.3. The van der Waals surface area contributed by atoms with E-state index in [9.17, 15) is 0 Å². The highest BCUT2D eigenvalue weighted by Gasteiger charge is 2.51. The molecule has 1 aliphatic carbocycles. The largest absolute Gasteiger partial charge is 0.456 e. The third kappa shape index (κ3) is 4.51. The van der Waals surface area contributed by atoms with E-state index in [4.69, 9.17) is 19.7 Å². The number of para-hydroxylation sites is 2. The zero-order valence-electron chi connectivity index (χ0n) is 31.6. The van der Waals surface area contributed by atoms with Crippen LogP contribution in [0.1, 0.15) is 22.3 Å². The zero-order chi connectivity index (χ0) is 38.7. The van der Waals surface area contributed by atoms with Crippen molar-refractivity contribution in [3.8, 4) is 56.5 Å². The summed E-state index contributed by atoms with van der Waals surface area (Å²) < 4.78 is 9.44. The molecule has 0 atom stereocenters. The van der Waals surface area contributed by atoms with Gasteiger partial charge < -0.3 is 4.74 Å². The van der Waals surface area contributed by atoms with Crippen LogP contribution in [-0.4, -0.2) is 15.0 Å². The average molecular weight is 770 g/mol. The summed E-state index contributed by atoms with van der Waals surface area (Å²) in [5, 5.41) is 4.33. The van der Waals surface area contributed by atoms with E-state index in [-0.39, 0.29) is 0 Å². The van der Waals surface area contributed by atoms with Gasteiger partial charge in [-0.05, 0) is 40.5 Å². The number of benzene rings is 8. The minimum atomic E-state index is -0.550. The summed E-state index contributed by atoms with van der Waals surface area (Å²) in [7, 11) is 0. The second-order valence-corrected chi connectivity index (χ2v) is 16.4. The molecule has 274 valence electrons. The number of pyridine rings is 1. The van der Waals surface area contributed by atoms with Gasteiger partial charge in [0, 0.05) is 54.1 Å². The molecule has 2 aliphatic rings. The lowest BCUT2D eigenvalue weighted by Crippen LogP contribution is -2.32. The van der Waals surface area contributed by atoms with E-state index in [2.05, 4.69) is 170 Å². The second kappa shape index (κ2) is 12.3. The molecular formula is C54H31N3OS. The van der Waals surface area contributed by atoms with Crippen molar-refractivity contribution in [3.05, 3.63) is 210 Å². The van der Waals surface area contributed by atoms with E-state index in [0.717, 1.165) is 93.8 Å². The van der Waals surface area contributed by atoms with Crippen molar-refractivity contribution in [2.75, 3.05) is 0 Å². The Bertz CT molecular complexity index is 3490. The van der Waals surface area contributed by atoms with Crippen LogP contribution in [0.25, 0.3) is 87.0 Å². The Kier molecular flexibility index (Phi) is 6.78. The molecular weight excluding hydrogens is 739 g/mol. The lowest BCUT2D eigenvalue weighted by atomic mass is 9.65. The van der Waals surface area contributed by atoms with Gasteiger partial charge in [0.25, 0.3) is 0 Å². The minimum absolute atomic E-state index is 0.550. The number of fused-ring (bicyclic) bond motifs is 16. The van der Waals surface area contributed by atoms with Crippen molar-refractivity contribution in [2.24, 2.45) is 0 Å². The number of aromatic nitrogens is 3. The van der Waals surface area contributed by atoms with Crippen molar-refractivity contribution in [1.82, 2.24) is 15.0 Å². The molecule has 0 saturated carbocycles. The van der Waals surface area contributed by atoms with E-state index < -0.39 is 5.41 Å². The molecule has 59 heavy (non-hydrogen) atoms. The van der Waals surface area contributed by atoms with Gasteiger partial charge in [-0.3, -0.25) is 0 Å². The van der Waals surface area contributed by atoms with E-state index in [1.54, 1.807) is 11.3 Å². The summed E-state index contributed by atoms with van der Waals surface area (Å²) in [6.45, 7) is 0. The minimum Gasteiger partial charge on any atom is -0.456 e. The predicted octanol–water partition coefficient (Wildman–Crippen LogP) is 14.0. The third-order valence-electron chi connectivity index (χ3n) is 12.4. The summed E-state index contributed by atoms with van der Waals surface area (Å²) in [5.41, 5.74) is 13.6. The molecule has 0 radical (unpaired) electrons. The van der Waals surface area contributed by atoms with Crippen LogP contribution < -0.4 is 4.74 Å². The Morgan fingerprint density at radius 1 is 0.424 bits per heavy atom. The van der Waals surface area contributed by atoms with Gasteiger partial charge in [-0.25, -0.2) is 15.0 Å². The highest BCUT2D eigenvalue weighted by atomic mass is 32.1. The Morgan fingerprint density at radius 3 is 1.83 bits per heavy atom. The van der Waals surface area contributed by atoms with Crippen molar-refractivity contribution < 1.29 is 4.74 Å². The normalized spacial score (nSPS) is 13.4. The van der Waals surface area contributed by atoms with Crippen molar-refractivity contribution in [1.29, 1.82) is 0 Å². The topological polar surface area (TPSA) is 47.9 Å². The van der Waals surface area contributed by atoms with Gasteiger partial charge in [0.1, 0.15) is 11.5 Å². The van der Waals surface area contributed by atoms with Crippen LogP contribution >= 0.6 is 11.3 Å². The van der Waals surface area contributed by atoms with Crippen molar-refractivity contribution in [2.45, 2.75) is 5.41 Å². The fourth-order valence-electron chi connectivity index (χ4n) is 9.86. The van der Waals surface area contributed by atoms with Gasteiger partial charge in [0.05, 0.1) is 32.5 Å². The van der Waals surface area contributed by atoms with Gasteiger partial charge in [-0.15, -0.1) is 11.3 Å². The van der Waals surface area contributed by atoms with E-state index in [1.165, 1.54) is 27.0 Å². The molecule has 1 aliphatic heterocycles. The molecule has 4 heterocycles. The van der Waals surface area contributed by atoms with Crippen LogP contribution in [-0.2, 0) is 5.41 Å². The summed E-state index contributed by atoms with van der Waals surface area (Å²) >= 11 is 1.75. The second-order valence-electron chi connectivity index (χ2n) is 15.4. The number of rotatable bonds is 3. The van der Waals surface area contributed by atoms with Crippen LogP contribution in [0.3, 0.4) is 0 Å². The molecule has 0 fully saturated rings. The summed E-state index contributed by atoms with van der Waals surface area (Å²) in [6, 6.07) is 66.9. The highest BCUT2D eigenvalue weighted by molar-refractivity contribution is 7.26. The van der Waals surface area contributed by atoms with Gasteiger partial charge in [0.2, 0.25) is 0 Å². The average Bonchev–Trinajstić information content (AvgIpc) is 3.83. The molecule has 0 unspecified atom stereocenters. The lowest BCUT2D eigenvalue weighted by Gasteiger charge is -2.40. The maximum Gasteiger partial charge on any atom is 0.160 e. The molecule has 11 aromatic rings. The number of hydrogen-bond donors (Lipinski definition) is 0. The molecule has 0 saturated heterocycles. The van der Waals surface area contributed by atoms with Gasteiger partial charge in [0.15, 0.2) is 5.82 Å². The van der Waals surface area contributed by atoms with Gasteiger partial charge in [-0.1, -0.05) is 170 Å².